The van der Waals surface area contributed by atoms with E-state index in [1.807, 2.05) is 12.1 Å². The van der Waals surface area contributed by atoms with Crippen molar-refractivity contribution < 1.29 is 4.74 Å². The summed E-state index contributed by atoms with van der Waals surface area (Å²) in [5.74, 6) is 0.935. The highest BCUT2D eigenvalue weighted by molar-refractivity contribution is 5.28. The van der Waals surface area contributed by atoms with Crippen molar-refractivity contribution in [1.82, 2.24) is 5.32 Å². The van der Waals surface area contributed by atoms with Crippen LogP contribution in [0.15, 0.2) is 24.3 Å². The summed E-state index contributed by atoms with van der Waals surface area (Å²) in [6.45, 7) is 5.57. The predicted octanol–water partition coefficient (Wildman–Crippen LogP) is 2.97. The highest BCUT2D eigenvalue weighted by Gasteiger charge is 2.42. The number of ether oxygens (including phenoxy) is 1. The van der Waals surface area contributed by atoms with Crippen molar-refractivity contribution in [3.8, 4) is 5.75 Å². The molecular formula is C14H21NO. The van der Waals surface area contributed by atoms with Gasteiger partial charge in [0.1, 0.15) is 5.75 Å². The summed E-state index contributed by atoms with van der Waals surface area (Å²) in [5, 5.41) is 3.60. The van der Waals surface area contributed by atoms with E-state index in [1.54, 1.807) is 7.11 Å². The fourth-order valence-corrected chi connectivity index (χ4v) is 1.93. The summed E-state index contributed by atoms with van der Waals surface area (Å²) in [6.07, 6.45) is 2.72. The molecule has 1 unspecified atom stereocenters. The summed E-state index contributed by atoms with van der Waals surface area (Å²) in [4.78, 5) is 0. The maximum absolute atomic E-state index is 5.21. The molecule has 0 bridgehead atoms. The molecule has 1 saturated carbocycles. The molecule has 1 aromatic carbocycles. The first-order chi connectivity index (χ1) is 7.64. The first kappa shape index (κ1) is 11.5. The van der Waals surface area contributed by atoms with Gasteiger partial charge < -0.3 is 10.1 Å². The molecule has 1 aromatic rings. The number of methoxy groups -OCH3 is 1. The van der Waals surface area contributed by atoms with Crippen molar-refractivity contribution >= 4 is 0 Å². The molecule has 1 aliphatic rings. The highest BCUT2D eigenvalue weighted by atomic mass is 16.5. The zero-order chi connectivity index (χ0) is 11.6. The van der Waals surface area contributed by atoms with Crippen LogP contribution in [-0.4, -0.2) is 13.2 Å². The maximum atomic E-state index is 5.21. The number of benzene rings is 1. The number of nitrogens with one attached hydrogen (secondary N) is 1. The molecule has 88 valence electrons. The van der Waals surface area contributed by atoms with Crippen LogP contribution in [0.3, 0.4) is 0 Å². The molecule has 16 heavy (non-hydrogen) atoms. The second-order valence-electron chi connectivity index (χ2n) is 5.11. The van der Waals surface area contributed by atoms with Crippen LogP contribution in [-0.2, 0) is 6.54 Å². The van der Waals surface area contributed by atoms with E-state index in [2.05, 4.69) is 31.3 Å². The lowest BCUT2D eigenvalue weighted by molar-refractivity contribution is 0.379. The van der Waals surface area contributed by atoms with E-state index in [4.69, 9.17) is 4.74 Å². The van der Waals surface area contributed by atoms with Crippen molar-refractivity contribution in [2.24, 2.45) is 5.41 Å². The lowest BCUT2D eigenvalue weighted by Gasteiger charge is -2.20. The van der Waals surface area contributed by atoms with Crippen LogP contribution in [0.4, 0.5) is 0 Å². The van der Waals surface area contributed by atoms with Crippen LogP contribution in [0.5, 0.6) is 5.75 Å². The molecule has 2 heteroatoms. The Balaban J connectivity index is 1.89. The molecule has 0 aliphatic heterocycles. The first-order valence-electron chi connectivity index (χ1n) is 6.00. The van der Waals surface area contributed by atoms with Crippen molar-refractivity contribution in [2.45, 2.75) is 39.3 Å². The standard InChI is InChI=1S/C14H21NO/c1-11(14(2)7-8-14)15-10-12-5-4-6-13(9-12)16-3/h4-6,9,11,15H,7-8,10H2,1-3H3. The van der Waals surface area contributed by atoms with Crippen LogP contribution in [0.2, 0.25) is 0 Å². The monoisotopic (exact) mass is 219 g/mol. The van der Waals surface area contributed by atoms with Crippen LogP contribution in [0.1, 0.15) is 32.3 Å². The Morgan fingerprint density at radius 1 is 1.44 bits per heavy atom. The summed E-state index contributed by atoms with van der Waals surface area (Å²) >= 11 is 0. The summed E-state index contributed by atoms with van der Waals surface area (Å²) in [7, 11) is 1.71. The summed E-state index contributed by atoms with van der Waals surface area (Å²) in [6, 6.07) is 8.85. The molecule has 1 aliphatic carbocycles. The van der Waals surface area contributed by atoms with E-state index in [1.165, 1.54) is 18.4 Å². The van der Waals surface area contributed by atoms with Crippen LogP contribution in [0.25, 0.3) is 0 Å². The van der Waals surface area contributed by atoms with E-state index in [-0.39, 0.29) is 0 Å². The minimum absolute atomic E-state index is 0.541. The highest BCUT2D eigenvalue weighted by Crippen LogP contribution is 2.47. The zero-order valence-corrected chi connectivity index (χ0v) is 10.4. The summed E-state index contributed by atoms with van der Waals surface area (Å²) in [5.41, 5.74) is 1.83. The van der Waals surface area contributed by atoms with Crippen LogP contribution in [0, 0.1) is 5.41 Å². The van der Waals surface area contributed by atoms with Crippen LogP contribution < -0.4 is 10.1 Å². The quantitative estimate of drug-likeness (QED) is 0.822. The number of rotatable bonds is 5. The van der Waals surface area contributed by atoms with E-state index < -0.39 is 0 Å². The molecule has 2 rings (SSSR count). The maximum Gasteiger partial charge on any atom is 0.119 e. The Bertz CT molecular complexity index is 358. The Morgan fingerprint density at radius 2 is 2.19 bits per heavy atom. The minimum Gasteiger partial charge on any atom is -0.497 e. The average molecular weight is 219 g/mol. The van der Waals surface area contributed by atoms with Gasteiger partial charge in [-0.3, -0.25) is 0 Å². The third-order valence-electron chi connectivity index (χ3n) is 3.83. The molecule has 2 nitrogen and oxygen atoms in total. The fourth-order valence-electron chi connectivity index (χ4n) is 1.93. The smallest absolute Gasteiger partial charge is 0.119 e. The molecule has 0 radical (unpaired) electrons. The Kier molecular flexibility index (Phi) is 3.20. The molecule has 1 N–H and O–H groups in total. The van der Waals surface area contributed by atoms with Gasteiger partial charge in [0.25, 0.3) is 0 Å². The van der Waals surface area contributed by atoms with Gasteiger partial charge in [0.15, 0.2) is 0 Å². The van der Waals surface area contributed by atoms with Gasteiger partial charge in [-0.2, -0.15) is 0 Å². The van der Waals surface area contributed by atoms with Gasteiger partial charge >= 0.3 is 0 Å². The molecule has 1 fully saturated rings. The number of hydrogen-bond acceptors (Lipinski definition) is 2. The summed E-state index contributed by atoms with van der Waals surface area (Å²) < 4.78 is 5.21. The largest absolute Gasteiger partial charge is 0.497 e. The van der Waals surface area contributed by atoms with Gasteiger partial charge in [0, 0.05) is 12.6 Å². The topological polar surface area (TPSA) is 21.3 Å². The molecular weight excluding hydrogens is 198 g/mol. The zero-order valence-electron chi connectivity index (χ0n) is 10.4. The lowest BCUT2D eigenvalue weighted by Crippen LogP contribution is -2.32. The van der Waals surface area contributed by atoms with Crippen molar-refractivity contribution in [1.29, 1.82) is 0 Å². The molecule has 0 amide bonds. The molecule has 0 aromatic heterocycles. The van der Waals surface area contributed by atoms with E-state index in [0.29, 0.717) is 11.5 Å². The van der Waals surface area contributed by atoms with E-state index >= 15 is 0 Å². The number of hydrogen-bond donors (Lipinski definition) is 1. The second kappa shape index (κ2) is 4.46. The molecule has 0 heterocycles. The van der Waals surface area contributed by atoms with Gasteiger partial charge in [-0.25, -0.2) is 0 Å². The van der Waals surface area contributed by atoms with Gasteiger partial charge in [-0.1, -0.05) is 19.1 Å². The predicted molar refractivity (Wildman–Crippen MR) is 66.6 cm³/mol. The Morgan fingerprint density at radius 3 is 2.81 bits per heavy atom. The SMILES string of the molecule is COc1cccc(CNC(C)C2(C)CC2)c1. The minimum atomic E-state index is 0.541. The third-order valence-corrected chi connectivity index (χ3v) is 3.83. The fraction of sp³-hybridized carbons (Fsp3) is 0.571. The van der Waals surface area contributed by atoms with Crippen LogP contribution >= 0.6 is 0 Å². The lowest BCUT2D eigenvalue weighted by atomic mass is 10.0. The van der Waals surface area contributed by atoms with Crippen molar-refractivity contribution in [3.63, 3.8) is 0 Å². The molecule has 0 spiro atoms. The molecule has 1 atom stereocenters. The van der Waals surface area contributed by atoms with Gasteiger partial charge in [0.05, 0.1) is 7.11 Å². The normalized spacial score (nSPS) is 19.2. The van der Waals surface area contributed by atoms with Gasteiger partial charge in [0.2, 0.25) is 0 Å². The van der Waals surface area contributed by atoms with Gasteiger partial charge in [-0.05, 0) is 42.9 Å². The van der Waals surface area contributed by atoms with Gasteiger partial charge in [-0.15, -0.1) is 0 Å². The van der Waals surface area contributed by atoms with Crippen molar-refractivity contribution in [3.05, 3.63) is 29.8 Å². The average Bonchev–Trinajstić information content (AvgIpc) is 3.06. The van der Waals surface area contributed by atoms with E-state index in [0.717, 1.165) is 12.3 Å². The van der Waals surface area contributed by atoms with Crippen molar-refractivity contribution in [2.75, 3.05) is 7.11 Å². The second-order valence-corrected chi connectivity index (χ2v) is 5.11. The Labute approximate surface area is 98.0 Å². The third kappa shape index (κ3) is 2.56. The van der Waals surface area contributed by atoms with E-state index in [9.17, 15) is 0 Å². The molecule has 0 saturated heterocycles. The first-order valence-corrected chi connectivity index (χ1v) is 6.00. The Hall–Kier alpha value is -1.02.